The Morgan fingerprint density at radius 1 is 0.871 bits per heavy atom. The second-order valence-electron chi connectivity index (χ2n) is 7.55. The zero-order valence-corrected chi connectivity index (χ0v) is 18.7. The van der Waals surface area contributed by atoms with E-state index >= 15 is 0 Å². The molecule has 0 aliphatic carbocycles. The van der Waals surface area contributed by atoms with E-state index in [4.69, 9.17) is 21.7 Å². The number of nitrogens with zero attached hydrogens (tertiary/aromatic N) is 2. The van der Waals surface area contributed by atoms with Crippen LogP contribution in [0.3, 0.4) is 0 Å². The Morgan fingerprint density at radius 2 is 1.39 bits per heavy atom. The number of hydrogen-bond acceptors (Lipinski definition) is 4. The van der Waals surface area contributed by atoms with Gasteiger partial charge in [-0.1, -0.05) is 91.0 Å². The van der Waals surface area contributed by atoms with Crippen molar-refractivity contribution in [1.82, 2.24) is 9.55 Å². The third-order valence-electron chi connectivity index (χ3n) is 5.78. The van der Waals surface area contributed by atoms with E-state index in [1.54, 1.807) is 23.3 Å². The van der Waals surface area contributed by atoms with E-state index in [2.05, 4.69) is 96.0 Å². The summed E-state index contributed by atoms with van der Waals surface area (Å²) in [6.07, 6.45) is 5.09. The fourth-order valence-electron chi connectivity index (χ4n) is 4.34. The van der Waals surface area contributed by atoms with Crippen LogP contribution < -0.4 is 15.6 Å². The molecule has 5 rings (SSSR count). The molecule has 1 fully saturated rings. The molecule has 31 heavy (non-hydrogen) atoms. The minimum Gasteiger partial charge on any atom is -0.468 e. The molecule has 1 aliphatic rings. The Hall–Kier alpha value is -3.06. The number of ether oxygens (including phenoxy) is 2. The van der Waals surface area contributed by atoms with Crippen molar-refractivity contribution in [1.29, 1.82) is 0 Å². The first-order chi connectivity index (χ1) is 15.3. The molecule has 2 heterocycles. The van der Waals surface area contributed by atoms with Gasteiger partial charge >= 0.3 is 0 Å². The van der Waals surface area contributed by atoms with E-state index in [9.17, 15) is 0 Å². The Bertz CT molecular complexity index is 1040. The predicted octanol–water partition coefficient (Wildman–Crippen LogP) is 2.51. The average Bonchev–Trinajstić information content (AvgIpc) is 3.39. The molecule has 4 nitrogen and oxygen atoms in total. The summed E-state index contributed by atoms with van der Waals surface area (Å²) in [6.45, 7) is 0.420. The fourth-order valence-corrected chi connectivity index (χ4v) is 9.69. The molecule has 0 amide bonds. The Balaban J connectivity index is 1.53. The first kappa shape index (κ1) is 19.9. The van der Waals surface area contributed by atoms with Crippen LogP contribution in [0.4, 0.5) is 0 Å². The summed E-state index contributed by atoms with van der Waals surface area (Å²) >= 11 is 5.39. The van der Waals surface area contributed by atoms with Crippen LogP contribution in [-0.2, 0) is 9.47 Å². The predicted molar refractivity (Wildman–Crippen MR) is 129 cm³/mol. The van der Waals surface area contributed by atoms with Gasteiger partial charge in [0.15, 0.2) is 8.07 Å². The topological polar surface area (TPSA) is 39.6 Å². The van der Waals surface area contributed by atoms with Crippen LogP contribution in [0, 0.1) is 0 Å². The number of imidazole rings is 1. The van der Waals surface area contributed by atoms with Gasteiger partial charge in [0.25, 0.3) is 5.17 Å². The van der Waals surface area contributed by atoms with Gasteiger partial charge in [0, 0.05) is 12.4 Å². The first-order valence-electron chi connectivity index (χ1n) is 10.3. The van der Waals surface area contributed by atoms with Gasteiger partial charge in [-0.05, 0) is 27.8 Å². The fraction of sp³-hybridized carbons (Fsp3) is 0.120. The maximum atomic E-state index is 6.37. The third kappa shape index (κ3) is 3.74. The van der Waals surface area contributed by atoms with E-state index in [1.807, 2.05) is 0 Å². The molecule has 1 saturated heterocycles. The van der Waals surface area contributed by atoms with E-state index in [0.29, 0.717) is 11.8 Å². The smallest absolute Gasteiger partial charge is 0.268 e. The lowest BCUT2D eigenvalue weighted by atomic mass is 10.3. The van der Waals surface area contributed by atoms with Gasteiger partial charge in [-0.25, -0.2) is 4.98 Å². The number of rotatable bonds is 6. The van der Waals surface area contributed by atoms with Crippen LogP contribution >= 0.6 is 12.2 Å². The van der Waals surface area contributed by atoms with E-state index < -0.39 is 8.07 Å². The van der Waals surface area contributed by atoms with Crippen molar-refractivity contribution in [3.63, 3.8) is 0 Å². The Kier molecular flexibility index (Phi) is 5.51. The molecule has 2 atom stereocenters. The van der Waals surface area contributed by atoms with Gasteiger partial charge in [-0.15, -0.1) is 0 Å². The molecule has 0 unspecified atom stereocenters. The van der Waals surface area contributed by atoms with Crippen LogP contribution in [0.15, 0.2) is 110 Å². The summed E-state index contributed by atoms with van der Waals surface area (Å²) in [5.41, 5.74) is 0.0605. The number of benzene rings is 3. The molecule has 3 aromatic carbocycles. The van der Waals surface area contributed by atoms with Crippen LogP contribution in [0.2, 0.25) is 0 Å². The third-order valence-corrected chi connectivity index (χ3v) is 11.2. The van der Waals surface area contributed by atoms with Crippen molar-refractivity contribution in [2.45, 2.75) is 11.8 Å². The normalized spacial score (nSPS) is 17.8. The molecule has 0 radical (unpaired) electrons. The van der Waals surface area contributed by atoms with Crippen molar-refractivity contribution in [2.75, 3.05) is 6.61 Å². The van der Waals surface area contributed by atoms with Crippen LogP contribution in [-0.4, -0.2) is 41.2 Å². The molecule has 4 aromatic rings. The summed E-state index contributed by atoms with van der Waals surface area (Å²) in [5, 5.41) is 4.38. The number of epoxide rings is 1. The highest BCUT2D eigenvalue weighted by molar-refractivity contribution is 7.80. The lowest BCUT2D eigenvalue weighted by Crippen LogP contribution is -2.71. The number of thiocarbonyl (C=S) groups is 1. The standard InChI is InChI=1S/C25H22N2O2SSi/c30-25(27-17-16-26-19-27)28-18-23-24(29-23)31(20-10-4-1-5-11-20,21-12-6-2-7-13-21)22-14-8-3-9-15-22/h1-17,19,23-24H,18H2/t23-,24+/m1/s1. The highest BCUT2D eigenvalue weighted by Gasteiger charge is 2.59. The zero-order chi connectivity index (χ0) is 21.1. The van der Waals surface area contributed by atoms with Crippen molar-refractivity contribution < 1.29 is 9.47 Å². The van der Waals surface area contributed by atoms with Crippen molar-refractivity contribution >= 4 is 41.0 Å². The lowest BCUT2D eigenvalue weighted by molar-refractivity contribution is 0.250. The molecular weight excluding hydrogens is 420 g/mol. The van der Waals surface area contributed by atoms with Gasteiger partial charge in [-0.2, -0.15) is 0 Å². The Labute approximate surface area is 188 Å². The zero-order valence-electron chi connectivity index (χ0n) is 16.9. The highest BCUT2D eigenvalue weighted by Crippen LogP contribution is 2.32. The minimum absolute atomic E-state index is 0.0197. The largest absolute Gasteiger partial charge is 0.468 e. The molecule has 6 heteroatoms. The number of aromatic nitrogens is 2. The van der Waals surface area contributed by atoms with Gasteiger partial charge < -0.3 is 9.47 Å². The summed E-state index contributed by atoms with van der Waals surface area (Å²) in [5.74, 6) is 0. The van der Waals surface area contributed by atoms with Crippen molar-refractivity contribution in [3.05, 3.63) is 110 Å². The van der Waals surface area contributed by atoms with E-state index in [-0.39, 0.29) is 11.8 Å². The maximum Gasteiger partial charge on any atom is 0.268 e. The average molecular weight is 443 g/mol. The minimum atomic E-state index is -2.46. The van der Waals surface area contributed by atoms with Crippen molar-refractivity contribution in [3.8, 4) is 0 Å². The molecule has 0 spiro atoms. The quantitative estimate of drug-likeness (QED) is 0.199. The lowest BCUT2D eigenvalue weighted by Gasteiger charge is -2.32. The molecule has 0 N–H and O–H groups in total. The van der Waals surface area contributed by atoms with Crippen LogP contribution in [0.25, 0.3) is 0 Å². The van der Waals surface area contributed by atoms with Gasteiger partial charge in [-0.3, -0.25) is 4.57 Å². The molecule has 1 aliphatic heterocycles. The summed E-state index contributed by atoms with van der Waals surface area (Å²) < 4.78 is 14.0. The maximum absolute atomic E-state index is 6.37. The monoisotopic (exact) mass is 442 g/mol. The molecule has 0 saturated carbocycles. The van der Waals surface area contributed by atoms with Gasteiger partial charge in [0.2, 0.25) is 0 Å². The molecule has 154 valence electrons. The summed E-state index contributed by atoms with van der Waals surface area (Å²) in [6, 6.07) is 32.3. The first-order valence-corrected chi connectivity index (χ1v) is 12.8. The number of hydrogen-bond donors (Lipinski definition) is 0. The molecule has 0 bridgehead atoms. The van der Waals surface area contributed by atoms with Crippen LogP contribution in [0.5, 0.6) is 0 Å². The van der Waals surface area contributed by atoms with Gasteiger partial charge in [0.1, 0.15) is 19.0 Å². The second-order valence-corrected chi connectivity index (χ2v) is 11.8. The summed E-state index contributed by atoms with van der Waals surface area (Å²) in [4.78, 5) is 4.03. The van der Waals surface area contributed by atoms with Gasteiger partial charge in [0.05, 0.1) is 5.73 Å². The Morgan fingerprint density at radius 3 is 1.84 bits per heavy atom. The molecular formula is C25H22N2O2SSi. The van der Waals surface area contributed by atoms with Crippen molar-refractivity contribution in [2.24, 2.45) is 0 Å². The summed E-state index contributed by atoms with van der Waals surface area (Å²) in [7, 11) is -2.46. The van der Waals surface area contributed by atoms with E-state index in [0.717, 1.165) is 0 Å². The highest BCUT2D eigenvalue weighted by atomic mass is 32.1. The van der Waals surface area contributed by atoms with Crippen LogP contribution in [0.1, 0.15) is 0 Å². The van der Waals surface area contributed by atoms with E-state index in [1.165, 1.54) is 15.6 Å². The molecule has 1 aromatic heterocycles. The second kappa shape index (κ2) is 8.59. The SMILES string of the molecule is S=C(OC[C@H]1O[C@H]1[Si](c1ccccc1)(c1ccccc1)c1ccccc1)n1ccnc1.